The van der Waals surface area contributed by atoms with Crippen LogP contribution in [0, 0.1) is 5.92 Å². The second-order valence-electron chi connectivity index (χ2n) is 4.62. The van der Waals surface area contributed by atoms with Gasteiger partial charge in [-0.25, -0.2) is 0 Å². The van der Waals surface area contributed by atoms with Gasteiger partial charge in [-0.1, -0.05) is 27.2 Å². The van der Waals surface area contributed by atoms with Gasteiger partial charge in [0.05, 0.1) is 13.1 Å². The van der Waals surface area contributed by atoms with E-state index in [1.54, 1.807) is 0 Å². The zero-order valence-electron chi connectivity index (χ0n) is 12.0. The standard InChI is InChI=1S/C13H25N3O3.3H2/c1-4-6-14-12(18)8-16-13(19)9-15-11(17)7-10(3)5-2;;;/h10H,4-9H2,1-3H3,(H,14,18)(H,15,17)(H,16,19);3*1H. The van der Waals surface area contributed by atoms with Crippen molar-refractivity contribution >= 4 is 17.7 Å². The van der Waals surface area contributed by atoms with Crippen molar-refractivity contribution in [2.45, 2.75) is 40.0 Å². The molecule has 0 saturated heterocycles. The Labute approximate surface area is 119 Å². The van der Waals surface area contributed by atoms with Crippen LogP contribution in [0.5, 0.6) is 0 Å². The Morgan fingerprint density at radius 2 is 1.47 bits per heavy atom. The molecule has 0 radical (unpaired) electrons. The summed E-state index contributed by atoms with van der Waals surface area (Å²) in [4.78, 5) is 34.0. The summed E-state index contributed by atoms with van der Waals surface area (Å²) < 4.78 is 0. The first kappa shape index (κ1) is 17.4. The molecule has 3 N–H and O–H groups in total. The molecule has 1 atom stereocenters. The lowest BCUT2D eigenvalue weighted by atomic mass is 10.1. The highest BCUT2D eigenvalue weighted by Gasteiger charge is 2.09. The highest BCUT2D eigenvalue weighted by Crippen LogP contribution is 2.04. The van der Waals surface area contributed by atoms with Crippen LogP contribution in [0.25, 0.3) is 0 Å². The number of hydrogen-bond acceptors (Lipinski definition) is 3. The molecule has 19 heavy (non-hydrogen) atoms. The van der Waals surface area contributed by atoms with Gasteiger partial charge in [-0.2, -0.15) is 0 Å². The second-order valence-corrected chi connectivity index (χ2v) is 4.62. The highest BCUT2D eigenvalue weighted by atomic mass is 16.2. The van der Waals surface area contributed by atoms with Crippen molar-refractivity contribution in [3.63, 3.8) is 0 Å². The molecule has 0 aromatic carbocycles. The van der Waals surface area contributed by atoms with Gasteiger partial charge in [0.15, 0.2) is 0 Å². The van der Waals surface area contributed by atoms with E-state index in [1.807, 2.05) is 20.8 Å². The summed E-state index contributed by atoms with van der Waals surface area (Å²) in [7, 11) is 0. The Kier molecular flexibility index (Phi) is 9.48. The van der Waals surface area contributed by atoms with Gasteiger partial charge in [0.2, 0.25) is 17.7 Å². The Hall–Kier alpha value is -1.59. The van der Waals surface area contributed by atoms with Crippen LogP contribution in [0.1, 0.15) is 44.3 Å². The van der Waals surface area contributed by atoms with Gasteiger partial charge in [0.25, 0.3) is 0 Å². The van der Waals surface area contributed by atoms with Gasteiger partial charge in [-0.3, -0.25) is 14.4 Å². The van der Waals surface area contributed by atoms with Gasteiger partial charge in [0, 0.05) is 17.2 Å². The smallest absolute Gasteiger partial charge is 0.239 e. The number of carbonyl (C=O) groups is 3. The van der Waals surface area contributed by atoms with E-state index in [2.05, 4.69) is 16.0 Å². The van der Waals surface area contributed by atoms with Crippen molar-refractivity contribution in [1.29, 1.82) is 0 Å². The van der Waals surface area contributed by atoms with Crippen LogP contribution in [0.15, 0.2) is 0 Å². The Morgan fingerprint density at radius 1 is 0.947 bits per heavy atom. The summed E-state index contributed by atoms with van der Waals surface area (Å²) in [5, 5.41) is 7.63. The molecule has 6 nitrogen and oxygen atoms in total. The molecule has 116 valence electrons. The van der Waals surface area contributed by atoms with Gasteiger partial charge in [0.1, 0.15) is 0 Å². The first-order valence-electron chi connectivity index (χ1n) is 6.79. The Balaban J connectivity index is -0.000000540. The maximum Gasteiger partial charge on any atom is 0.239 e. The number of nitrogens with one attached hydrogen (secondary N) is 3. The topological polar surface area (TPSA) is 87.3 Å². The molecule has 0 spiro atoms. The largest absolute Gasteiger partial charge is 0.355 e. The molecule has 0 fully saturated rings. The SMILES string of the molecule is CCCNC(=O)CNC(=O)CNC(=O)CC(C)CC.[HH].[HH].[HH]. The summed E-state index contributed by atoms with van der Waals surface area (Å²) in [6.07, 6.45) is 2.20. The second kappa shape index (κ2) is 10.3. The predicted molar refractivity (Wildman–Crippen MR) is 79.7 cm³/mol. The van der Waals surface area contributed by atoms with Crippen molar-refractivity contribution in [2.75, 3.05) is 19.6 Å². The molecular weight excluding hydrogens is 246 g/mol. The van der Waals surface area contributed by atoms with Crippen LogP contribution in [-0.4, -0.2) is 37.4 Å². The third kappa shape index (κ3) is 10.1. The van der Waals surface area contributed by atoms with Gasteiger partial charge >= 0.3 is 0 Å². The van der Waals surface area contributed by atoms with Crippen LogP contribution in [0.3, 0.4) is 0 Å². The number of amides is 3. The van der Waals surface area contributed by atoms with Crippen LogP contribution in [-0.2, 0) is 14.4 Å². The zero-order chi connectivity index (χ0) is 14.7. The summed E-state index contributed by atoms with van der Waals surface area (Å²) in [5.74, 6) is -0.409. The molecular formula is C13H31N3O3. The number of carbonyl (C=O) groups excluding carboxylic acids is 3. The first-order chi connectivity index (χ1) is 8.99. The average Bonchev–Trinajstić information content (AvgIpc) is 2.40. The fourth-order valence-electron chi connectivity index (χ4n) is 1.28. The molecule has 6 heteroatoms. The van der Waals surface area contributed by atoms with Crippen LogP contribution >= 0.6 is 0 Å². The highest BCUT2D eigenvalue weighted by molar-refractivity contribution is 5.88. The molecule has 0 aliphatic rings. The molecule has 0 aliphatic carbocycles. The molecule has 0 aromatic heterocycles. The minimum Gasteiger partial charge on any atom is -0.355 e. The monoisotopic (exact) mass is 277 g/mol. The molecule has 1 unspecified atom stereocenters. The van der Waals surface area contributed by atoms with Crippen molar-refractivity contribution in [1.82, 2.24) is 16.0 Å². The first-order valence-corrected chi connectivity index (χ1v) is 6.79. The summed E-state index contributed by atoms with van der Waals surface area (Å²) in [6.45, 7) is 6.40. The molecule has 0 aromatic rings. The van der Waals surface area contributed by atoms with E-state index in [9.17, 15) is 14.4 Å². The van der Waals surface area contributed by atoms with E-state index in [4.69, 9.17) is 0 Å². The zero-order valence-corrected chi connectivity index (χ0v) is 12.0. The fourth-order valence-corrected chi connectivity index (χ4v) is 1.28. The molecule has 0 aliphatic heterocycles. The molecule has 0 bridgehead atoms. The van der Waals surface area contributed by atoms with E-state index in [0.29, 0.717) is 18.9 Å². The lowest BCUT2D eigenvalue weighted by Crippen LogP contribution is -2.42. The van der Waals surface area contributed by atoms with Crippen LogP contribution in [0.4, 0.5) is 0 Å². The number of hydrogen-bond donors (Lipinski definition) is 3. The van der Waals surface area contributed by atoms with Crippen molar-refractivity contribution < 1.29 is 18.7 Å². The van der Waals surface area contributed by atoms with Gasteiger partial charge in [-0.15, -0.1) is 0 Å². The Bertz CT molecular complexity index is 318. The molecule has 3 amide bonds. The van der Waals surface area contributed by atoms with Crippen LogP contribution in [0.2, 0.25) is 0 Å². The summed E-state index contributed by atoms with van der Waals surface area (Å²) in [6, 6.07) is 0. The minimum atomic E-state index is -0.357. The van der Waals surface area contributed by atoms with E-state index < -0.39 is 0 Å². The third-order valence-electron chi connectivity index (χ3n) is 2.70. The van der Waals surface area contributed by atoms with Crippen molar-refractivity contribution in [2.24, 2.45) is 5.92 Å². The summed E-state index contributed by atoms with van der Waals surface area (Å²) in [5.41, 5.74) is 0. The number of rotatable bonds is 9. The van der Waals surface area contributed by atoms with E-state index in [0.717, 1.165) is 12.8 Å². The normalized spacial score (nSPS) is 11.5. The molecule has 0 rings (SSSR count). The van der Waals surface area contributed by atoms with Crippen molar-refractivity contribution in [3.8, 4) is 0 Å². The Morgan fingerprint density at radius 3 is 2.00 bits per heavy atom. The van der Waals surface area contributed by atoms with E-state index >= 15 is 0 Å². The maximum absolute atomic E-state index is 11.4. The van der Waals surface area contributed by atoms with E-state index in [1.165, 1.54) is 0 Å². The predicted octanol–water partition coefficient (Wildman–Crippen LogP) is 0.919. The van der Waals surface area contributed by atoms with Crippen LogP contribution < -0.4 is 16.0 Å². The van der Waals surface area contributed by atoms with Crippen molar-refractivity contribution in [3.05, 3.63) is 0 Å². The maximum atomic E-state index is 11.4. The molecule has 0 saturated carbocycles. The molecule has 0 heterocycles. The van der Waals surface area contributed by atoms with Gasteiger partial charge in [-0.05, 0) is 12.3 Å². The van der Waals surface area contributed by atoms with Gasteiger partial charge < -0.3 is 16.0 Å². The third-order valence-corrected chi connectivity index (χ3v) is 2.70. The summed E-state index contributed by atoms with van der Waals surface area (Å²) >= 11 is 0. The lowest BCUT2D eigenvalue weighted by molar-refractivity contribution is -0.128. The average molecular weight is 277 g/mol. The lowest BCUT2D eigenvalue weighted by Gasteiger charge is -2.09. The minimum absolute atomic E-state index is 0. The fraction of sp³-hybridized carbons (Fsp3) is 0.769. The quantitative estimate of drug-likeness (QED) is 0.585. The van der Waals surface area contributed by atoms with E-state index in [-0.39, 0.29) is 35.1 Å².